The van der Waals surface area contributed by atoms with Crippen molar-refractivity contribution in [1.29, 1.82) is 0 Å². The smallest absolute Gasteiger partial charge is 0.208 e. The number of hydrogen-bond donors (Lipinski definition) is 3. The number of guanidine groups is 1. The van der Waals surface area contributed by atoms with Gasteiger partial charge in [-0.05, 0) is 0 Å². The Morgan fingerprint density at radius 1 is 1.33 bits per heavy atom. The molecule has 1 radical (unpaired) electrons. The Kier molecular flexibility index (Phi) is 9.38. The van der Waals surface area contributed by atoms with Gasteiger partial charge in [0, 0.05) is 51.4 Å². The van der Waals surface area contributed by atoms with Gasteiger partial charge < -0.3 is 17.3 Å². The quantitative estimate of drug-likeness (QED) is 0.109. The summed E-state index contributed by atoms with van der Waals surface area (Å²) < 4.78 is 0. The van der Waals surface area contributed by atoms with Crippen molar-refractivity contribution in [3.8, 4) is 0 Å². The zero-order valence-electron chi connectivity index (χ0n) is 3.68. The fourth-order valence-electron chi connectivity index (χ4n) is 0. The van der Waals surface area contributed by atoms with Gasteiger partial charge in [-0.3, -0.25) is 0 Å². The Morgan fingerprint density at radius 2 is 1.50 bits per heavy atom. The third-order valence-electron chi connectivity index (χ3n) is 0.149. The first-order valence-electron chi connectivity index (χ1n) is 1.06. The Hall–Kier alpha value is 0.706. The van der Waals surface area contributed by atoms with Crippen LogP contribution >= 0.6 is 0 Å². The van der Waals surface area contributed by atoms with Gasteiger partial charge in [0.2, 0.25) is 5.96 Å². The van der Waals surface area contributed by atoms with Crippen LogP contribution in [0.25, 0.3) is 0 Å². The summed E-state index contributed by atoms with van der Waals surface area (Å²) in [6, 6.07) is 0. The van der Waals surface area contributed by atoms with Crippen LogP contribution in [-0.4, -0.2) is 57.3 Å². The average Bonchev–Trinajstić information content (AvgIpc) is 1.38. The molecular weight excluding hydrogens is 107 g/mol. The molecule has 0 aliphatic carbocycles. The molecule has 4 nitrogen and oxygen atoms in total. The van der Waals surface area contributed by atoms with Crippen molar-refractivity contribution in [3.05, 3.63) is 0 Å². The summed E-state index contributed by atoms with van der Waals surface area (Å²) in [5.74, 6) is 4.42. The zero-order valence-corrected chi connectivity index (χ0v) is 6.80. The van der Waals surface area contributed by atoms with Crippen LogP contribution in [-0.2, 0) is 0 Å². The number of hydrogen-bond acceptors (Lipinski definition) is 2. The molecule has 0 amide bonds. The second-order valence-corrected chi connectivity index (χ2v) is 0.554. The predicted molar refractivity (Wildman–Crippen MR) is 25.8 cm³/mol. The largest absolute Gasteiger partial charge is 0.369 e. The van der Waals surface area contributed by atoms with Crippen LogP contribution in [0.3, 0.4) is 0 Å². The van der Waals surface area contributed by atoms with E-state index in [0.29, 0.717) is 0 Å². The molecule has 0 aliphatic heterocycles. The molecule has 0 heterocycles. The molecule has 0 saturated carbocycles. The van der Waals surface area contributed by atoms with E-state index in [1.165, 1.54) is 0 Å². The van der Waals surface area contributed by atoms with Crippen molar-refractivity contribution in [2.24, 2.45) is 22.4 Å². The topological polar surface area (TPSA) is 90.4 Å². The second-order valence-electron chi connectivity index (χ2n) is 0.554. The van der Waals surface area contributed by atoms with Crippen LogP contribution in [0.2, 0.25) is 0 Å². The second kappa shape index (κ2) is 5.71. The van der Waals surface area contributed by atoms with E-state index in [-0.39, 0.29) is 57.3 Å². The minimum absolute atomic E-state index is 0. The van der Waals surface area contributed by atoms with Crippen LogP contribution < -0.4 is 17.3 Å². The fourth-order valence-corrected chi connectivity index (χ4v) is 0. The van der Waals surface area contributed by atoms with Crippen molar-refractivity contribution >= 4 is 57.3 Å². The van der Waals surface area contributed by atoms with E-state index in [1.807, 2.05) is 0 Å². The first-order valence-corrected chi connectivity index (χ1v) is 1.06. The van der Waals surface area contributed by atoms with Gasteiger partial charge in [-0.2, -0.15) is 0 Å². The van der Waals surface area contributed by atoms with Gasteiger partial charge in [0.05, 0.1) is 0 Å². The third-order valence-corrected chi connectivity index (χ3v) is 0.149. The van der Waals surface area contributed by atoms with Gasteiger partial charge in [-0.15, -0.1) is 5.10 Å². The molecule has 0 saturated heterocycles. The molecule has 5 heteroatoms. The number of rotatable bonds is 0. The number of nitrogens with two attached hydrogens (primary N) is 3. The first kappa shape index (κ1) is 9.86. The average molecular weight is 113 g/mol. The third kappa shape index (κ3) is 8.83. The summed E-state index contributed by atoms with van der Waals surface area (Å²) in [5.41, 5.74) is 9.39. The monoisotopic (exact) mass is 113 g/mol. The van der Waals surface area contributed by atoms with Crippen molar-refractivity contribution in [2.45, 2.75) is 0 Å². The van der Waals surface area contributed by atoms with Crippen molar-refractivity contribution in [3.63, 3.8) is 0 Å². The predicted octanol–water partition coefficient (Wildman–Crippen LogP) is -2.25. The molecule has 0 atom stereocenters. The molecule has 0 bridgehead atoms. The summed E-state index contributed by atoms with van der Waals surface area (Å²) in [6.07, 6.45) is 0. The maximum absolute atomic E-state index is 4.69. The summed E-state index contributed by atoms with van der Waals surface area (Å²) in [7, 11) is 0. The van der Waals surface area contributed by atoms with E-state index < -0.39 is 0 Å². The van der Waals surface area contributed by atoms with Gasteiger partial charge in [0.25, 0.3) is 0 Å². The standard InChI is InChI=1S/CH6N4.K/c2-1(3)5-4;/h4H2,(H4,2,3,5);. The first-order chi connectivity index (χ1) is 2.27. The molecule has 0 aliphatic rings. The molecule has 0 rings (SSSR count). The minimum atomic E-state index is -0.0926. The Balaban J connectivity index is 0. The molecule has 31 valence electrons. The van der Waals surface area contributed by atoms with Gasteiger partial charge >= 0.3 is 0 Å². The summed E-state index contributed by atoms with van der Waals surface area (Å²) in [6.45, 7) is 0. The fraction of sp³-hybridized carbons (Fsp3) is 0. The van der Waals surface area contributed by atoms with Crippen LogP contribution in [0.5, 0.6) is 0 Å². The minimum Gasteiger partial charge on any atom is -0.369 e. The summed E-state index contributed by atoms with van der Waals surface area (Å²) in [4.78, 5) is 0. The van der Waals surface area contributed by atoms with Crippen LogP contribution in [0, 0.1) is 0 Å². The molecular formula is CH6KN4. The van der Waals surface area contributed by atoms with Gasteiger partial charge in [0.1, 0.15) is 0 Å². The van der Waals surface area contributed by atoms with Crippen LogP contribution in [0.1, 0.15) is 0 Å². The molecule has 0 unspecified atom stereocenters. The molecule has 6 N–H and O–H groups in total. The SMILES string of the molecule is NN=C(N)N.[K]. The summed E-state index contributed by atoms with van der Waals surface area (Å²) >= 11 is 0. The van der Waals surface area contributed by atoms with Gasteiger partial charge in [-0.25, -0.2) is 0 Å². The van der Waals surface area contributed by atoms with Crippen molar-refractivity contribution < 1.29 is 0 Å². The maximum atomic E-state index is 4.69. The van der Waals surface area contributed by atoms with Crippen LogP contribution in [0.4, 0.5) is 0 Å². The zero-order chi connectivity index (χ0) is 4.28. The molecule has 0 aromatic carbocycles. The summed E-state index contributed by atoms with van der Waals surface area (Å²) in [5, 5.41) is 2.86. The normalized spacial score (nSPS) is 5.33. The molecule has 0 aromatic rings. The Labute approximate surface area is 78.5 Å². The molecule has 0 fully saturated rings. The van der Waals surface area contributed by atoms with Gasteiger partial charge in [0.15, 0.2) is 0 Å². The molecule has 6 heavy (non-hydrogen) atoms. The van der Waals surface area contributed by atoms with E-state index >= 15 is 0 Å². The van der Waals surface area contributed by atoms with E-state index in [4.69, 9.17) is 11.5 Å². The van der Waals surface area contributed by atoms with E-state index in [0.717, 1.165) is 0 Å². The maximum Gasteiger partial charge on any atom is 0.208 e. The van der Waals surface area contributed by atoms with Crippen LogP contribution in [0.15, 0.2) is 5.10 Å². The molecule has 0 aromatic heterocycles. The molecule has 0 spiro atoms. The van der Waals surface area contributed by atoms with Gasteiger partial charge in [-0.1, -0.05) is 0 Å². The van der Waals surface area contributed by atoms with E-state index in [1.54, 1.807) is 0 Å². The Bertz CT molecular complexity index is 45.5. The van der Waals surface area contributed by atoms with E-state index in [2.05, 4.69) is 10.9 Å². The van der Waals surface area contributed by atoms with Crippen molar-refractivity contribution in [2.75, 3.05) is 0 Å². The Morgan fingerprint density at radius 3 is 1.50 bits per heavy atom. The number of nitrogens with zero attached hydrogens (tertiary/aromatic N) is 1. The van der Waals surface area contributed by atoms with E-state index in [9.17, 15) is 0 Å². The number of hydrazone groups is 1. The van der Waals surface area contributed by atoms with Crippen molar-refractivity contribution in [1.82, 2.24) is 0 Å².